The molecule has 9 heteroatoms. The van der Waals surface area contributed by atoms with Crippen molar-refractivity contribution in [3.8, 4) is 11.6 Å². The van der Waals surface area contributed by atoms with Crippen molar-refractivity contribution >= 4 is 10.0 Å². The molecule has 3 rings (SSSR count). The van der Waals surface area contributed by atoms with Gasteiger partial charge in [0.25, 0.3) is 5.89 Å². The summed E-state index contributed by atoms with van der Waals surface area (Å²) in [5.74, 6) is 0.799. The zero-order valence-corrected chi connectivity index (χ0v) is 12.4. The molecule has 2 aromatic rings. The van der Waals surface area contributed by atoms with Gasteiger partial charge in [-0.3, -0.25) is 0 Å². The third-order valence-corrected chi connectivity index (χ3v) is 5.14. The molecule has 2 aromatic heterocycles. The summed E-state index contributed by atoms with van der Waals surface area (Å²) < 4.78 is 36.9. The third kappa shape index (κ3) is 2.71. The zero-order chi connectivity index (χ0) is 14.9. The zero-order valence-electron chi connectivity index (χ0n) is 11.6. The minimum atomic E-state index is -3.52. The van der Waals surface area contributed by atoms with Gasteiger partial charge in [-0.2, -0.15) is 4.31 Å². The van der Waals surface area contributed by atoms with Crippen LogP contribution in [-0.4, -0.2) is 54.2 Å². The van der Waals surface area contributed by atoms with Gasteiger partial charge in [0.15, 0.2) is 0 Å². The quantitative estimate of drug-likeness (QED) is 0.889. The van der Waals surface area contributed by atoms with Gasteiger partial charge in [-0.15, -0.1) is 10.2 Å². The first-order valence-corrected chi connectivity index (χ1v) is 8.14. The lowest BCUT2D eigenvalue weighted by Crippen LogP contribution is -2.40. The van der Waals surface area contributed by atoms with Crippen LogP contribution >= 0.6 is 0 Å². The van der Waals surface area contributed by atoms with Crippen molar-refractivity contribution in [2.75, 3.05) is 26.3 Å². The van der Waals surface area contributed by atoms with E-state index in [0.29, 0.717) is 44.3 Å². The molecule has 0 aromatic carbocycles. The topological polar surface area (TPSA) is 101 Å². The number of aromatic amines is 1. The Hall–Kier alpha value is -1.71. The summed E-state index contributed by atoms with van der Waals surface area (Å²) >= 11 is 0. The summed E-state index contributed by atoms with van der Waals surface area (Å²) in [5.41, 5.74) is 0.494. The van der Waals surface area contributed by atoms with Crippen molar-refractivity contribution in [3.63, 3.8) is 0 Å². The Morgan fingerprint density at radius 3 is 2.76 bits per heavy atom. The van der Waals surface area contributed by atoms with Gasteiger partial charge in [0.05, 0.1) is 13.2 Å². The highest BCUT2D eigenvalue weighted by Gasteiger charge is 2.27. The fourth-order valence-electron chi connectivity index (χ4n) is 2.09. The molecule has 8 nitrogen and oxygen atoms in total. The number of hydrogen-bond acceptors (Lipinski definition) is 6. The monoisotopic (exact) mass is 312 g/mol. The van der Waals surface area contributed by atoms with Crippen LogP contribution in [-0.2, 0) is 21.2 Å². The average Bonchev–Trinajstić information content (AvgIpc) is 3.17. The van der Waals surface area contributed by atoms with Gasteiger partial charge in [0, 0.05) is 25.7 Å². The number of nitrogens with zero attached hydrogens (tertiary/aromatic N) is 3. The lowest BCUT2D eigenvalue weighted by atomic mass is 10.4. The standard InChI is InChI=1S/C12H16N4O4S/c1-2-11-14-15-12(20-11)10-7-9(8-13-10)21(17,18)16-3-5-19-6-4-16/h7-8,13H,2-6H2,1H3. The predicted octanol–water partition coefficient (Wildman–Crippen LogP) is 0.648. The molecule has 0 unspecified atom stereocenters. The first-order valence-electron chi connectivity index (χ1n) is 6.70. The van der Waals surface area contributed by atoms with Crippen LogP contribution in [0, 0.1) is 0 Å². The van der Waals surface area contributed by atoms with Crippen LogP contribution in [0.15, 0.2) is 21.6 Å². The molecule has 21 heavy (non-hydrogen) atoms. The molecule has 1 N–H and O–H groups in total. The smallest absolute Gasteiger partial charge is 0.264 e. The lowest BCUT2D eigenvalue weighted by molar-refractivity contribution is 0.0730. The number of sulfonamides is 1. The number of hydrogen-bond donors (Lipinski definition) is 1. The molecule has 0 amide bonds. The highest BCUT2D eigenvalue weighted by molar-refractivity contribution is 7.89. The molecule has 0 spiro atoms. The van der Waals surface area contributed by atoms with Gasteiger partial charge in [-0.1, -0.05) is 6.92 Å². The first-order chi connectivity index (χ1) is 10.1. The van der Waals surface area contributed by atoms with Gasteiger partial charge < -0.3 is 14.1 Å². The first kappa shape index (κ1) is 14.2. The Labute approximate surface area is 122 Å². The predicted molar refractivity (Wildman–Crippen MR) is 73.0 cm³/mol. The van der Waals surface area contributed by atoms with E-state index in [1.807, 2.05) is 6.92 Å². The second-order valence-electron chi connectivity index (χ2n) is 4.62. The summed E-state index contributed by atoms with van der Waals surface area (Å²) in [6, 6.07) is 1.51. The van der Waals surface area contributed by atoms with Crippen molar-refractivity contribution in [2.45, 2.75) is 18.2 Å². The Morgan fingerprint density at radius 2 is 2.10 bits per heavy atom. The van der Waals surface area contributed by atoms with E-state index in [-0.39, 0.29) is 10.8 Å². The molecule has 0 radical (unpaired) electrons. The Bertz CT molecular complexity index is 715. The summed E-state index contributed by atoms with van der Waals surface area (Å²) in [6.45, 7) is 3.47. The Balaban J connectivity index is 1.86. The van der Waals surface area contributed by atoms with Crippen LogP contribution in [0.1, 0.15) is 12.8 Å². The molecule has 0 atom stereocenters. The number of rotatable bonds is 4. The molecular formula is C12H16N4O4S. The molecular weight excluding hydrogens is 296 g/mol. The molecule has 1 aliphatic rings. The second kappa shape index (κ2) is 5.58. The van der Waals surface area contributed by atoms with Gasteiger partial charge in [-0.05, 0) is 6.07 Å². The molecule has 1 fully saturated rings. The number of H-pyrrole nitrogens is 1. The van der Waals surface area contributed by atoms with Crippen molar-refractivity contribution in [2.24, 2.45) is 0 Å². The lowest BCUT2D eigenvalue weighted by Gasteiger charge is -2.25. The molecule has 0 bridgehead atoms. The maximum Gasteiger partial charge on any atom is 0.264 e. The summed E-state index contributed by atoms with van der Waals surface area (Å²) in [7, 11) is -3.52. The van der Waals surface area contributed by atoms with E-state index in [2.05, 4.69) is 15.2 Å². The van der Waals surface area contributed by atoms with Gasteiger partial charge in [0.2, 0.25) is 15.9 Å². The van der Waals surface area contributed by atoms with Crippen molar-refractivity contribution in [3.05, 3.63) is 18.2 Å². The van der Waals surface area contributed by atoms with Gasteiger partial charge in [-0.25, -0.2) is 8.42 Å². The van der Waals surface area contributed by atoms with Gasteiger partial charge >= 0.3 is 0 Å². The van der Waals surface area contributed by atoms with E-state index < -0.39 is 10.0 Å². The Kier molecular flexibility index (Phi) is 3.79. The van der Waals surface area contributed by atoms with E-state index in [9.17, 15) is 8.42 Å². The van der Waals surface area contributed by atoms with Crippen molar-refractivity contribution in [1.82, 2.24) is 19.5 Å². The number of morpholine rings is 1. The maximum atomic E-state index is 12.5. The Morgan fingerprint density at radius 1 is 1.33 bits per heavy atom. The van der Waals surface area contributed by atoms with Gasteiger partial charge in [0.1, 0.15) is 10.6 Å². The summed E-state index contributed by atoms with van der Waals surface area (Å²) in [4.78, 5) is 3.06. The van der Waals surface area contributed by atoms with Crippen molar-refractivity contribution < 1.29 is 17.6 Å². The highest BCUT2D eigenvalue weighted by Crippen LogP contribution is 2.23. The number of ether oxygens (including phenoxy) is 1. The largest absolute Gasteiger partial charge is 0.419 e. The molecule has 1 saturated heterocycles. The third-order valence-electron chi connectivity index (χ3n) is 3.26. The minimum Gasteiger partial charge on any atom is -0.419 e. The fourth-order valence-corrected chi connectivity index (χ4v) is 3.49. The molecule has 0 aliphatic carbocycles. The van der Waals surface area contributed by atoms with E-state index in [1.54, 1.807) is 0 Å². The van der Waals surface area contributed by atoms with E-state index in [4.69, 9.17) is 9.15 Å². The van der Waals surface area contributed by atoms with Crippen LogP contribution < -0.4 is 0 Å². The van der Waals surface area contributed by atoms with Crippen LogP contribution in [0.5, 0.6) is 0 Å². The number of nitrogens with one attached hydrogen (secondary N) is 1. The van der Waals surface area contributed by atoms with Crippen LogP contribution in [0.4, 0.5) is 0 Å². The van der Waals surface area contributed by atoms with E-state index >= 15 is 0 Å². The fraction of sp³-hybridized carbons (Fsp3) is 0.500. The molecule has 1 aliphatic heterocycles. The maximum absolute atomic E-state index is 12.5. The van der Waals surface area contributed by atoms with Crippen LogP contribution in [0.3, 0.4) is 0 Å². The average molecular weight is 312 g/mol. The van der Waals surface area contributed by atoms with Crippen LogP contribution in [0.25, 0.3) is 11.6 Å². The van der Waals surface area contributed by atoms with E-state index in [0.717, 1.165) is 0 Å². The minimum absolute atomic E-state index is 0.190. The number of aryl methyl sites for hydroxylation is 1. The normalized spacial score (nSPS) is 17.2. The number of aromatic nitrogens is 3. The van der Waals surface area contributed by atoms with Crippen LogP contribution in [0.2, 0.25) is 0 Å². The highest BCUT2D eigenvalue weighted by atomic mass is 32.2. The SMILES string of the molecule is CCc1nnc(-c2cc(S(=O)(=O)N3CCOCC3)c[nH]2)o1. The summed E-state index contributed by atoms with van der Waals surface area (Å²) in [6.07, 6.45) is 2.07. The van der Waals surface area contributed by atoms with E-state index in [1.165, 1.54) is 16.6 Å². The second-order valence-corrected chi connectivity index (χ2v) is 6.56. The molecule has 114 valence electrons. The summed E-state index contributed by atoms with van der Waals surface area (Å²) in [5, 5.41) is 7.75. The van der Waals surface area contributed by atoms with Crippen molar-refractivity contribution in [1.29, 1.82) is 0 Å². The molecule has 0 saturated carbocycles. The molecule has 3 heterocycles.